The molecule has 0 unspecified atom stereocenters. The van der Waals surface area contributed by atoms with Gasteiger partial charge in [-0.15, -0.1) is 0 Å². The minimum atomic E-state index is 0.196. The molecule has 0 saturated carbocycles. The molecule has 2 fully saturated rings. The van der Waals surface area contributed by atoms with E-state index in [-0.39, 0.29) is 6.04 Å². The van der Waals surface area contributed by atoms with E-state index in [4.69, 9.17) is 21.1 Å². The van der Waals surface area contributed by atoms with Crippen LogP contribution in [-0.4, -0.2) is 72.1 Å². The number of benzene rings is 1. The first-order chi connectivity index (χ1) is 16.2. The van der Waals surface area contributed by atoms with Gasteiger partial charge in [-0.25, -0.2) is 15.0 Å². The van der Waals surface area contributed by atoms with Crippen molar-refractivity contribution in [2.45, 2.75) is 32.0 Å². The number of nitrogens with one attached hydrogen (secondary N) is 2. The largest absolute Gasteiger partial charge is 0.378 e. The van der Waals surface area contributed by atoms with Crippen LogP contribution >= 0.6 is 11.6 Å². The fraction of sp³-hybridized carbons (Fsp3) is 0.480. The summed E-state index contributed by atoms with van der Waals surface area (Å²) < 4.78 is 11.5. The Morgan fingerprint density at radius 1 is 1.09 bits per heavy atom. The fourth-order valence-corrected chi connectivity index (χ4v) is 5.61. The summed E-state index contributed by atoms with van der Waals surface area (Å²) in [4.78, 5) is 7.74. The predicted molar refractivity (Wildman–Crippen MR) is 129 cm³/mol. The average molecular weight is 468 g/mol. The van der Waals surface area contributed by atoms with Crippen LogP contribution < -0.4 is 5.32 Å². The normalized spacial score (nSPS) is 24.8. The summed E-state index contributed by atoms with van der Waals surface area (Å²) in [5.74, 6) is 0. The van der Waals surface area contributed by atoms with Crippen LogP contribution in [0.15, 0.2) is 30.6 Å². The predicted octanol–water partition coefficient (Wildman–Crippen LogP) is 3.54. The third-order valence-corrected chi connectivity index (χ3v) is 7.48. The molecule has 1 aromatic carbocycles. The number of rotatable bonds is 3. The number of hydrogen-bond donors (Lipinski definition) is 2. The quantitative estimate of drug-likeness (QED) is 0.614. The topological polar surface area (TPSA) is 65.7 Å². The van der Waals surface area contributed by atoms with Crippen LogP contribution in [0, 0.1) is 0 Å². The fourth-order valence-electron chi connectivity index (χ4n) is 5.41. The number of aromatic nitrogens is 2. The average Bonchev–Trinajstić information content (AvgIpc) is 3.24. The summed E-state index contributed by atoms with van der Waals surface area (Å²) in [7, 11) is 0. The minimum Gasteiger partial charge on any atom is -0.378 e. The maximum atomic E-state index is 6.39. The van der Waals surface area contributed by atoms with Crippen LogP contribution in [0.5, 0.6) is 0 Å². The number of pyridine rings is 1. The maximum absolute atomic E-state index is 6.39. The van der Waals surface area contributed by atoms with Gasteiger partial charge in [-0.2, -0.15) is 0 Å². The lowest BCUT2D eigenvalue weighted by Gasteiger charge is -2.44. The molecule has 0 radical (unpaired) electrons. The number of H-pyrrole nitrogens is 1. The molecule has 0 amide bonds. The third-order valence-electron chi connectivity index (χ3n) is 7.16. The second-order valence-corrected chi connectivity index (χ2v) is 9.67. The number of fused-ring (bicyclic) bond motifs is 2. The van der Waals surface area contributed by atoms with E-state index in [1.165, 1.54) is 22.3 Å². The van der Waals surface area contributed by atoms with Crippen molar-refractivity contribution >= 4 is 22.6 Å². The van der Waals surface area contributed by atoms with Crippen molar-refractivity contribution in [1.82, 2.24) is 25.3 Å². The Morgan fingerprint density at radius 3 is 2.85 bits per heavy atom. The highest BCUT2D eigenvalue weighted by atomic mass is 35.5. The first-order valence-electron chi connectivity index (χ1n) is 11.9. The summed E-state index contributed by atoms with van der Waals surface area (Å²) in [6.45, 7) is 9.10. The second-order valence-electron chi connectivity index (χ2n) is 9.27. The summed E-state index contributed by atoms with van der Waals surface area (Å²) >= 11 is 6.39. The number of aromatic amines is 1. The van der Waals surface area contributed by atoms with Crippen LogP contribution in [0.2, 0.25) is 5.02 Å². The molecule has 3 aliphatic heterocycles. The number of hydrogen-bond acceptors (Lipinski definition) is 6. The summed E-state index contributed by atoms with van der Waals surface area (Å²) in [6.07, 6.45) is 4.76. The van der Waals surface area contributed by atoms with Gasteiger partial charge in [0.1, 0.15) is 5.65 Å². The van der Waals surface area contributed by atoms with E-state index in [0.717, 1.165) is 69.0 Å². The molecule has 3 aromatic rings. The monoisotopic (exact) mass is 467 g/mol. The number of hydrazine groups is 1. The lowest BCUT2D eigenvalue weighted by atomic mass is 9.87. The van der Waals surface area contributed by atoms with Gasteiger partial charge in [0.25, 0.3) is 0 Å². The Balaban J connectivity index is 1.40. The summed E-state index contributed by atoms with van der Waals surface area (Å²) in [5.41, 5.74) is 7.30. The smallest absolute Gasteiger partial charge is 0.138 e. The highest BCUT2D eigenvalue weighted by molar-refractivity contribution is 6.35. The Hall–Kier alpha value is -2.00. The molecular weight excluding hydrogens is 438 g/mol. The molecule has 5 heterocycles. The Labute approximate surface area is 199 Å². The molecular formula is C25H30ClN5O2. The lowest BCUT2D eigenvalue weighted by Crippen LogP contribution is -2.55. The van der Waals surface area contributed by atoms with Crippen LogP contribution in [0.3, 0.4) is 0 Å². The molecule has 33 heavy (non-hydrogen) atoms. The second kappa shape index (κ2) is 8.98. The van der Waals surface area contributed by atoms with Gasteiger partial charge in [0, 0.05) is 55.6 Å². The van der Waals surface area contributed by atoms with Crippen LogP contribution in [-0.2, 0) is 22.4 Å². The Morgan fingerprint density at radius 2 is 2.00 bits per heavy atom. The van der Waals surface area contributed by atoms with E-state index in [0.29, 0.717) is 17.7 Å². The van der Waals surface area contributed by atoms with Gasteiger partial charge in [-0.1, -0.05) is 17.7 Å². The Bertz CT molecular complexity index is 1160. The molecule has 7 nitrogen and oxygen atoms in total. The zero-order chi connectivity index (χ0) is 22.4. The summed E-state index contributed by atoms with van der Waals surface area (Å²) in [5, 5.41) is 10.4. The van der Waals surface area contributed by atoms with Gasteiger partial charge in [-0.3, -0.25) is 0 Å². The number of halogens is 1. The number of morpholine rings is 2. The van der Waals surface area contributed by atoms with Gasteiger partial charge in [0.2, 0.25) is 0 Å². The van der Waals surface area contributed by atoms with Gasteiger partial charge < -0.3 is 19.8 Å². The van der Waals surface area contributed by atoms with E-state index in [9.17, 15) is 0 Å². The highest BCUT2D eigenvalue weighted by Crippen LogP contribution is 2.35. The van der Waals surface area contributed by atoms with Crippen molar-refractivity contribution in [2.75, 3.05) is 46.1 Å². The molecule has 2 aromatic heterocycles. The zero-order valence-corrected chi connectivity index (χ0v) is 19.7. The summed E-state index contributed by atoms with van der Waals surface area (Å²) in [6, 6.07) is 7.43. The van der Waals surface area contributed by atoms with Gasteiger partial charge in [0.15, 0.2) is 0 Å². The third kappa shape index (κ3) is 4.07. The van der Waals surface area contributed by atoms with Crippen molar-refractivity contribution in [2.24, 2.45) is 0 Å². The molecule has 0 bridgehead atoms. The van der Waals surface area contributed by atoms with Crippen molar-refractivity contribution in [1.29, 1.82) is 0 Å². The molecule has 174 valence electrons. The van der Waals surface area contributed by atoms with E-state index < -0.39 is 0 Å². The van der Waals surface area contributed by atoms with Gasteiger partial charge in [-0.05, 0) is 47.7 Å². The number of ether oxygens (including phenoxy) is 2. The first-order valence-corrected chi connectivity index (χ1v) is 12.2. The maximum Gasteiger partial charge on any atom is 0.138 e. The van der Waals surface area contributed by atoms with Gasteiger partial charge >= 0.3 is 0 Å². The molecule has 8 heteroatoms. The highest BCUT2D eigenvalue weighted by Gasteiger charge is 2.31. The molecule has 2 saturated heterocycles. The van der Waals surface area contributed by atoms with E-state index in [1.54, 1.807) is 6.20 Å². The van der Waals surface area contributed by atoms with Crippen LogP contribution in [0.1, 0.15) is 29.7 Å². The molecule has 0 aliphatic carbocycles. The minimum absolute atomic E-state index is 0.196. The standard InChI is InChI=1S/C25H30ClN5O2/c1-16-14-33-7-5-31(16)30-4-2-17-8-18(19-10-21-23(26)12-29-25(21)28-11-19)9-20(22(17)13-30)24-15-32-6-3-27-24/h8-12,16,24,27H,2-7,13-15H2,1H3,(H,28,29)/t16-,24+/m1/s1. The SMILES string of the molecule is C[C@@H]1COCCN1N1CCc2cc(-c3cnc4[nH]cc(Cl)c4c3)cc([C@@H]3COCCN3)c2C1. The Kier molecular flexibility index (Phi) is 5.86. The molecule has 0 spiro atoms. The molecule has 2 atom stereocenters. The molecule has 3 aliphatic rings. The molecule has 2 N–H and O–H groups in total. The van der Waals surface area contributed by atoms with Crippen molar-refractivity contribution in [3.05, 3.63) is 52.3 Å². The van der Waals surface area contributed by atoms with Gasteiger partial charge in [0.05, 0.1) is 37.5 Å². The first kappa shape index (κ1) is 21.5. The molecule has 6 rings (SSSR count). The number of nitrogens with zero attached hydrogens (tertiary/aromatic N) is 3. The van der Waals surface area contributed by atoms with E-state index in [2.05, 4.69) is 50.4 Å². The van der Waals surface area contributed by atoms with Crippen LogP contribution in [0.25, 0.3) is 22.2 Å². The zero-order valence-electron chi connectivity index (χ0n) is 18.9. The van der Waals surface area contributed by atoms with E-state index in [1.807, 2.05) is 6.20 Å². The van der Waals surface area contributed by atoms with Crippen molar-refractivity contribution in [3.63, 3.8) is 0 Å². The van der Waals surface area contributed by atoms with Crippen molar-refractivity contribution < 1.29 is 9.47 Å². The van der Waals surface area contributed by atoms with Crippen molar-refractivity contribution in [3.8, 4) is 11.1 Å². The lowest BCUT2D eigenvalue weighted by molar-refractivity contribution is -0.130. The van der Waals surface area contributed by atoms with Crippen LogP contribution in [0.4, 0.5) is 0 Å². The van der Waals surface area contributed by atoms with E-state index >= 15 is 0 Å².